The molecule has 2 atom stereocenters. The van der Waals surface area contributed by atoms with Gasteiger partial charge in [-0.05, 0) is 41.7 Å². The van der Waals surface area contributed by atoms with Gasteiger partial charge in [0.2, 0.25) is 5.56 Å². The minimum Gasteiger partial charge on any atom is -0.496 e. The van der Waals surface area contributed by atoms with Gasteiger partial charge < -0.3 is 20.1 Å². The van der Waals surface area contributed by atoms with Crippen LogP contribution in [-0.4, -0.2) is 34.9 Å². The Balaban J connectivity index is 1.99. The van der Waals surface area contributed by atoms with Gasteiger partial charge in [-0.1, -0.05) is 32.0 Å². The van der Waals surface area contributed by atoms with Gasteiger partial charge in [0.25, 0.3) is 0 Å². The molecule has 1 aromatic heterocycles. The van der Waals surface area contributed by atoms with Crippen LogP contribution in [0.5, 0.6) is 5.75 Å². The number of methoxy groups -OCH3 is 1. The number of alkyl halides is 5. The summed E-state index contributed by atoms with van der Waals surface area (Å²) < 4.78 is 76.4. The van der Waals surface area contributed by atoms with E-state index in [0.29, 0.717) is 22.2 Å². The number of fused-ring (bicyclic) bond motifs is 2. The van der Waals surface area contributed by atoms with Crippen molar-refractivity contribution in [1.82, 2.24) is 4.98 Å². The maximum atomic E-state index is 15.0. The second kappa shape index (κ2) is 7.69. The average Bonchev–Trinajstić information content (AvgIpc) is 2.74. The second-order valence-electron chi connectivity index (χ2n) is 9.15. The molecule has 0 radical (unpaired) electrons. The van der Waals surface area contributed by atoms with Crippen molar-refractivity contribution in [2.45, 2.75) is 49.4 Å². The molecule has 0 aliphatic heterocycles. The zero-order valence-electron chi connectivity index (χ0n) is 18.6. The quantitative estimate of drug-likeness (QED) is 0.442. The Morgan fingerprint density at radius 1 is 1.06 bits per heavy atom. The molecule has 5 nitrogen and oxygen atoms in total. The van der Waals surface area contributed by atoms with E-state index in [4.69, 9.17) is 4.74 Å². The van der Waals surface area contributed by atoms with Crippen molar-refractivity contribution in [3.63, 3.8) is 0 Å². The van der Waals surface area contributed by atoms with Gasteiger partial charge in [0.1, 0.15) is 5.75 Å². The van der Waals surface area contributed by atoms with Crippen LogP contribution in [-0.2, 0) is 5.41 Å². The maximum Gasteiger partial charge on any atom is 0.456 e. The van der Waals surface area contributed by atoms with E-state index in [1.54, 1.807) is 12.1 Å². The fourth-order valence-electron chi connectivity index (χ4n) is 5.01. The van der Waals surface area contributed by atoms with Gasteiger partial charge in [-0.2, -0.15) is 22.0 Å². The van der Waals surface area contributed by atoms with E-state index in [0.717, 1.165) is 0 Å². The Hall–Kier alpha value is -3.14. The number of hydrogen-bond donors (Lipinski definition) is 3. The van der Waals surface area contributed by atoms with Gasteiger partial charge in [-0.3, -0.25) is 4.79 Å². The fourth-order valence-corrected chi connectivity index (χ4v) is 5.01. The number of nitrogens with one attached hydrogen (secondary N) is 2. The molecule has 1 aliphatic rings. The highest BCUT2D eigenvalue weighted by molar-refractivity contribution is 5.91. The third-order valence-electron chi connectivity index (χ3n) is 6.42. The van der Waals surface area contributed by atoms with Crippen LogP contribution in [0.3, 0.4) is 0 Å². The van der Waals surface area contributed by atoms with Crippen LogP contribution < -0.4 is 15.6 Å². The van der Waals surface area contributed by atoms with Crippen molar-refractivity contribution in [2.75, 3.05) is 12.4 Å². The van der Waals surface area contributed by atoms with Crippen molar-refractivity contribution in [2.24, 2.45) is 0 Å². The van der Waals surface area contributed by atoms with Gasteiger partial charge >= 0.3 is 12.1 Å². The Bertz CT molecular complexity index is 1300. The SMILES string of the molecule is COc1cccc2c1C(C)(C)CC(O)(C(F)(F)C(F)(F)F)C2Nc1cccc2[nH]c(=O)ccc12. The van der Waals surface area contributed by atoms with Crippen molar-refractivity contribution in [3.05, 3.63) is 70.0 Å². The first-order chi connectivity index (χ1) is 15.7. The Kier molecular flexibility index (Phi) is 5.43. The molecule has 4 rings (SSSR count). The van der Waals surface area contributed by atoms with Gasteiger partial charge in [0.15, 0.2) is 5.60 Å². The lowest BCUT2D eigenvalue weighted by Gasteiger charge is -2.51. The number of aliphatic hydroxyl groups is 1. The van der Waals surface area contributed by atoms with Gasteiger partial charge in [0, 0.05) is 22.7 Å². The lowest BCUT2D eigenvalue weighted by Crippen LogP contribution is -2.65. The summed E-state index contributed by atoms with van der Waals surface area (Å²) in [6.07, 6.45) is -6.91. The topological polar surface area (TPSA) is 74.3 Å². The number of H-pyrrole nitrogens is 1. The molecule has 0 bridgehead atoms. The van der Waals surface area contributed by atoms with Crippen molar-refractivity contribution in [3.8, 4) is 5.75 Å². The monoisotopic (exact) mass is 482 g/mol. The smallest absolute Gasteiger partial charge is 0.456 e. The summed E-state index contributed by atoms with van der Waals surface area (Å²) in [5.74, 6) is -5.14. The number of aromatic amines is 1. The molecule has 2 unspecified atom stereocenters. The number of hydrogen-bond acceptors (Lipinski definition) is 4. The number of ether oxygens (including phenoxy) is 1. The number of halogens is 5. The van der Waals surface area contributed by atoms with Crippen LogP contribution in [0.4, 0.5) is 27.6 Å². The average molecular weight is 482 g/mol. The Labute approximate surface area is 191 Å². The summed E-state index contributed by atoms with van der Waals surface area (Å²) in [6.45, 7) is 2.98. The highest BCUT2D eigenvalue weighted by Gasteiger charge is 2.74. The minimum absolute atomic E-state index is 0.0588. The van der Waals surface area contributed by atoms with E-state index in [1.807, 2.05) is 0 Å². The van der Waals surface area contributed by atoms with Crippen molar-refractivity contribution < 1.29 is 31.8 Å². The van der Waals surface area contributed by atoms with Crippen LogP contribution in [0.25, 0.3) is 10.9 Å². The molecular formula is C24H23F5N2O3. The Morgan fingerprint density at radius 3 is 2.38 bits per heavy atom. The molecule has 0 saturated heterocycles. The molecule has 182 valence electrons. The van der Waals surface area contributed by atoms with Crippen LogP contribution in [0.1, 0.15) is 37.4 Å². The van der Waals surface area contributed by atoms with Crippen LogP contribution in [0.2, 0.25) is 0 Å². The zero-order chi connectivity index (χ0) is 25.1. The Morgan fingerprint density at radius 2 is 1.74 bits per heavy atom. The molecule has 34 heavy (non-hydrogen) atoms. The van der Waals surface area contributed by atoms with Crippen LogP contribution in [0.15, 0.2) is 53.3 Å². The molecule has 1 aliphatic carbocycles. The molecule has 3 aromatic rings. The molecule has 1 heterocycles. The largest absolute Gasteiger partial charge is 0.496 e. The molecule has 2 aromatic carbocycles. The third-order valence-corrected chi connectivity index (χ3v) is 6.42. The molecular weight excluding hydrogens is 459 g/mol. The molecule has 0 saturated carbocycles. The summed E-state index contributed by atoms with van der Waals surface area (Å²) in [4.78, 5) is 14.3. The lowest BCUT2D eigenvalue weighted by atomic mass is 9.61. The van der Waals surface area contributed by atoms with Crippen LogP contribution in [0, 0.1) is 0 Å². The molecule has 3 N–H and O–H groups in total. The highest BCUT2D eigenvalue weighted by atomic mass is 19.4. The van der Waals surface area contributed by atoms with E-state index in [-0.39, 0.29) is 11.3 Å². The predicted molar refractivity (Wildman–Crippen MR) is 118 cm³/mol. The van der Waals surface area contributed by atoms with Gasteiger partial charge in [-0.15, -0.1) is 0 Å². The van der Waals surface area contributed by atoms with Crippen molar-refractivity contribution in [1.29, 1.82) is 0 Å². The number of rotatable bonds is 4. The third kappa shape index (κ3) is 3.51. The lowest BCUT2D eigenvalue weighted by molar-refractivity contribution is -0.349. The normalized spacial score (nSPS) is 22.3. The number of anilines is 1. The molecule has 10 heteroatoms. The first-order valence-electron chi connectivity index (χ1n) is 10.5. The predicted octanol–water partition coefficient (Wildman–Crippen LogP) is 5.30. The molecule has 0 fully saturated rings. The minimum atomic E-state index is -6.00. The summed E-state index contributed by atoms with van der Waals surface area (Å²) in [5, 5.41) is 14.4. The van der Waals surface area contributed by atoms with E-state index in [9.17, 15) is 23.1 Å². The number of benzene rings is 2. The maximum absolute atomic E-state index is 15.0. The van der Waals surface area contributed by atoms with E-state index >= 15 is 8.78 Å². The summed E-state index contributed by atoms with van der Waals surface area (Å²) in [6, 6.07) is 9.81. The van der Waals surface area contributed by atoms with E-state index < -0.39 is 41.1 Å². The fraction of sp³-hybridized carbons (Fsp3) is 0.375. The van der Waals surface area contributed by atoms with E-state index in [2.05, 4.69) is 10.3 Å². The zero-order valence-corrected chi connectivity index (χ0v) is 18.6. The second-order valence-corrected chi connectivity index (χ2v) is 9.15. The number of pyridine rings is 1. The standard InChI is InChI=1S/C24H23F5N2O3/c1-21(2)12-22(33,23(25,26)24(27,28)29)20(14-6-4-9-17(34-3)19(14)21)31-16-8-5-7-15-13(16)10-11-18(32)30-15/h4-11,20,31,33H,12H2,1-3H3,(H,30,32). The highest BCUT2D eigenvalue weighted by Crippen LogP contribution is 2.59. The first kappa shape index (κ1) is 24.0. The molecule has 0 amide bonds. The van der Waals surface area contributed by atoms with Crippen LogP contribution >= 0.6 is 0 Å². The number of aromatic nitrogens is 1. The van der Waals surface area contributed by atoms with Crippen molar-refractivity contribution >= 4 is 16.6 Å². The van der Waals surface area contributed by atoms with Gasteiger partial charge in [-0.25, -0.2) is 0 Å². The van der Waals surface area contributed by atoms with E-state index in [1.165, 1.54) is 57.4 Å². The molecule has 0 spiro atoms. The summed E-state index contributed by atoms with van der Waals surface area (Å²) in [5.41, 5.74) is -4.23. The summed E-state index contributed by atoms with van der Waals surface area (Å²) >= 11 is 0. The first-order valence-corrected chi connectivity index (χ1v) is 10.5. The summed E-state index contributed by atoms with van der Waals surface area (Å²) in [7, 11) is 1.38. The van der Waals surface area contributed by atoms with Gasteiger partial charge in [0.05, 0.1) is 18.7 Å².